The second kappa shape index (κ2) is 7.59. The summed E-state index contributed by atoms with van der Waals surface area (Å²) in [5.41, 5.74) is 1.63. The topological polar surface area (TPSA) is 58.1 Å². The lowest BCUT2D eigenvalue weighted by Gasteiger charge is -2.30. The molecule has 2 aromatic rings. The number of rotatable bonds is 4. The van der Waals surface area contributed by atoms with Gasteiger partial charge < -0.3 is 10.2 Å². The lowest BCUT2D eigenvalue weighted by atomic mass is 9.99. The molecule has 1 aromatic carbocycles. The largest absolute Gasteiger partial charge is 0.350 e. The fraction of sp³-hybridized carbons (Fsp3) is 0.421. The number of carbonyl (C=O) groups is 1. The van der Waals surface area contributed by atoms with Crippen LogP contribution in [0.2, 0.25) is 0 Å². The van der Waals surface area contributed by atoms with E-state index < -0.39 is 0 Å². The molecular weight excluding hydrogens is 319 g/mol. The van der Waals surface area contributed by atoms with Gasteiger partial charge in [0.15, 0.2) is 0 Å². The fourth-order valence-corrected chi connectivity index (χ4v) is 2.95. The van der Waals surface area contributed by atoms with E-state index in [9.17, 15) is 9.18 Å². The Hall–Kier alpha value is -2.50. The first-order valence-electron chi connectivity index (χ1n) is 8.65. The van der Waals surface area contributed by atoms with Gasteiger partial charge in [-0.05, 0) is 37.8 Å². The maximum atomic E-state index is 13.7. The standard InChI is InChI=1S/C19H23FN4O/c1-13-7-9-24(10-8-13)18(25)17-11-14(2)22-19(23-17)21-12-15-5-3-4-6-16(15)20/h3-6,11,13H,7-10,12H2,1-2H3,(H,21,22,23). The molecule has 1 N–H and O–H groups in total. The molecule has 1 saturated heterocycles. The number of nitrogens with zero attached hydrogens (tertiary/aromatic N) is 3. The van der Waals surface area contributed by atoms with Crippen molar-refractivity contribution in [3.8, 4) is 0 Å². The molecule has 0 atom stereocenters. The first kappa shape index (κ1) is 17.3. The van der Waals surface area contributed by atoms with E-state index >= 15 is 0 Å². The van der Waals surface area contributed by atoms with Gasteiger partial charge in [0.1, 0.15) is 11.5 Å². The van der Waals surface area contributed by atoms with Crippen molar-refractivity contribution >= 4 is 11.9 Å². The summed E-state index contributed by atoms with van der Waals surface area (Å²) < 4.78 is 13.7. The third kappa shape index (κ3) is 4.32. The van der Waals surface area contributed by atoms with Crippen LogP contribution in [-0.2, 0) is 6.54 Å². The predicted molar refractivity (Wildman–Crippen MR) is 94.8 cm³/mol. The monoisotopic (exact) mass is 342 g/mol. The zero-order chi connectivity index (χ0) is 17.8. The van der Waals surface area contributed by atoms with Gasteiger partial charge in [0, 0.05) is 30.9 Å². The highest BCUT2D eigenvalue weighted by molar-refractivity contribution is 5.92. The van der Waals surface area contributed by atoms with Crippen molar-refractivity contribution in [2.75, 3.05) is 18.4 Å². The minimum atomic E-state index is -0.276. The Morgan fingerprint density at radius 2 is 2.00 bits per heavy atom. The summed E-state index contributed by atoms with van der Waals surface area (Å²) in [5.74, 6) is 0.666. The van der Waals surface area contributed by atoms with Crippen molar-refractivity contribution in [2.24, 2.45) is 5.92 Å². The molecule has 1 amide bonds. The Labute approximate surface area is 147 Å². The van der Waals surface area contributed by atoms with Crippen LogP contribution in [0, 0.1) is 18.7 Å². The second-order valence-electron chi connectivity index (χ2n) is 6.64. The van der Waals surface area contributed by atoms with Crippen LogP contribution >= 0.6 is 0 Å². The van der Waals surface area contributed by atoms with Gasteiger partial charge in [0.2, 0.25) is 5.95 Å². The third-order valence-corrected chi connectivity index (χ3v) is 4.54. The molecule has 0 bridgehead atoms. The van der Waals surface area contributed by atoms with E-state index in [2.05, 4.69) is 22.2 Å². The molecule has 1 fully saturated rings. The SMILES string of the molecule is Cc1cc(C(=O)N2CCC(C)CC2)nc(NCc2ccccc2F)n1. The van der Waals surface area contributed by atoms with Gasteiger partial charge in [-0.1, -0.05) is 25.1 Å². The average molecular weight is 342 g/mol. The number of aromatic nitrogens is 2. The summed E-state index contributed by atoms with van der Waals surface area (Å²) in [6.45, 7) is 5.83. The van der Waals surface area contributed by atoms with Crippen LogP contribution in [0.15, 0.2) is 30.3 Å². The predicted octanol–water partition coefficient (Wildman–Crippen LogP) is 3.41. The quantitative estimate of drug-likeness (QED) is 0.925. The van der Waals surface area contributed by atoms with Crippen molar-refractivity contribution in [3.63, 3.8) is 0 Å². The van der Waals surface area contributed by atoms with E-state index in [1.54, 1.807) is 24.3 Å². The minimum absolute atomic E-state index is 0.0636. The Bertz CT molecular complexity index is 757. The molecule has 0 saturated carbocycles. The number of anilines is 1. The molecule has 1 aromatic heterocycles. The Morgan fingerprint density at radius 1 is 1.28 bits per heavy atom. The summed E-state index contributed by atoms with van der Waals surface area (Å²) in [5, 5.41) is 3.01. The van der Waals surface area contributed by atoms with Crippen LogP contribution in [0.5, 0.6) is 0 Å². The molecule has 0 spiro atoms. The van der Waals surface area contributed by atoms with Crippen molar-refractivity contribution < 1.29 is 9.18 Å². The summed E-state index contributed by atoms with van der Waals surface area (Å²) >= 11 is 0. The van der Waals surface area contributed by atoms with Gasteiger partial charge in [-0.2, -0.15) is 0 Å². The minimum Gasteiger partial charge on any atom is -0.350 e. The third-order valence-electron chi connectivity index (χ3n) is 4.54. The Morgan fingerprint density at radius 3 is 2.72 bits per heavy atom. The van der Waals surface area contributed by atoms with E-state index in [1.165, 1.54) is 6.07 Å². The lowest BCUT2D eigenvalue weighted by Crippen LogP contribution is -2.38. The summed E-state index contributed by atoms with van der Waals surface area (Å²) in [6, 6.07) is 8.26. The number of amides is 1. The Kier molecular flexibility index (Phi) is 5.26. The van der Waals surface area contributed by atoms with Crippen LogP contribution < -0.4 is 5.32 Å². The van der Waals surface area contributed by atoms with Crippen LogP contribution in [0.4, 0.5) is 10.3 Å². The maximum Gasteiger partial charge on any atom is 0.272 e. The van der Waals surface area contributed by atoms with E-state index in [1.807, 2.05) is 11.8 Å². The molecular formula is C19H23FN4O. The van der Waals surface area contributed by atoms with Gasteiger partial charge in [-0.25, -0.2) is 14.4 Å². The molecule has 1 aliphatic rings. The van der Waals surface area contributed by atoms with Crippen molar-refractivity contribution in [1.82, 2.24) is 14.9 Å². The average Bonchev–Trinajstić information content (AvgIpc) is 2.60. The van der Waals surface area contributed by atoms with Crippen LogP contribution in [0.1, 0.15) is 41.5 Å². The normalized spacial score (nSPS) is 15.2. The molecule has 1 aliphatic heterocycles. The van der Waals surface area contributed by atoms with Crippen LogP contribution in [0.25, 0.3) is 0 Å². The maximum absolute atomic E-state index is 13.7. The summed E-state index contributed by atoms with van der Waals surface area (Å²) in [6.07, 6.45) is 2.04. The zero-order valence-electron chi connectivity index (χ0n) is 14.6. The number of benzene rings is 1. The molecule has 0 radical (unpaired) electrons. The van der Waals surface area contributed by atoms with Crippen LogP contribution in [0.3, 0.4) is 0 Å². The molecule has 3 rings (SSSR count). The molecule has 0 aliphatic carbocycles. The smallest absolute Gasteiger partial charge is 0.272 e. The van der Waals surface area contributed by atoms with E-state index in [0.29, 0.717) is 28.8 Å². The molecule has 5 nitrogen and oxygen atoms in total. The molecule has 25 heavy (non-hydrogen) atoms. The molecule has 0 unspecified atom stereocenters. The zero-order valence-corrected chi connectivity index (χ0v) is 14.6. The number of piperidine rings is 1. The molecule has 6 heteroatoms. The number of carbonyl (C=O) groups excluding carboxylic acids is 1. The van der Waals surface area contributed by atoms with Gasteiger partial charge in [-0.3, -0.25) is 4.79 Å². The Balaban J connectivity index is 1.72. The van der Waals surface area contributed by atoms with E-state index in [4.69, 9.17) is 0 Å². The van der Waals surface area contributed by atoms with Gasteiger partial charge in [-0.15, -0.1) is 0 Å². The van der Waals surface area contributed by atoms with Crippen LogP contribution in [-0.4, -0.2) is 33.9 Å². The number of nitrogens with one attached hydrogen (secondary N) is 1. The van der Waals surface area contributed by atoms with Crippen molar-refractivity contribution in [1.29, 1.82) is 0 Å². The van der Waals surface area contributed by atoms with Crippen molar-refractivity contribution in [2.45, 2.75) is 33.2 Å². The number of hydrogen-bond donors (Lipinski definition) is 1. The first-order valence-corrected chi connectivity index (χ1v) is 8.65. The number of aryl methyl sites for hydroxylation is 1. The molecule has 132 valence electrons. The highest BCUT2D eigenvalue weighted by Crippen LogP contribution is 2.18. The highest BCUT2D eigenvalue weighted by Gasteiger charge is 2.23. The van der Waals surface area contributed by atoms with Gasteiger partial charge >= 0.3 is 0 Å². The first-order chi connectivity index (χ1) is 12.0. The lowest BCUT2D eigenvalue weighted by molar-refractivity contribution is 0.0691. The second-order valence-corrected chi connectivity index (χ2v) is 6.64. The fourth-order valence-electron chi connectivity index (χ4n) is 2.95. The van der Waals surface area contributed by atoms with E-state index in [0.717, 1.165) is 25.9 Å². The van der Waals surface area contributed by atoms with Gasteiger partial charge in [0.05, 0.1) is 0 Å². The number of halogens is 1. The summed E-state index contributed by atoms with van der Waals surface area (Å²) in [4.78, 5) is 23.2. The van der Waals surface area contributed by atoms with Gasteiger partial charge in [0.25, 0.3) is 5.91 Å². The molecule has 2 heterocycles. The highest BCUT2D eigenvalue weighted by atomic mass is 19.1. The number of likely N-dealkylation sites (tertiary alicyclic amines) is 1. The van der Waals surface area contributed by atoms with E-state index in [-0.39, 0.29) is 18.3 Å². The summed E-state index contributed by atoms with van der Waals surface area (Å²) in [7, 11) is 0. The van der Waals surface area contributed by atoms with Crippen molar-refractivity contribution in [3.05, 3.63) is 53.1 Å². The number of hydrogen-bond acceptors (Lipinski definition) is 4.